The third kappa shape index (κ3) is 7.16. The lowest BCUT2D eigenvalue weighted by Crippen LogP contribution is -2.42. The molecule has 30 heavy (non-hydrogen) atoms. The SMILES string of the molecule is CCCCOc1ncccc1CNC(=NC)NCC(c1ccco1)N1CCCC1.I. The van der Waals surface area contributed by atoms with Crippen molar-refractivity contribution in [3.05, 3.63) is 48.0 Å². The first kappa shape index (κ1) is 24.5. The van der Waals surface area contributed by atoms with E-state index < -0.39 is 0 Å². The van der Waals surface area contributed by atoms with Crippen LogP contribution in [0, 0.1) is 0 Å². The Hall–Kier alpha value is -1.81. The summed E-state index contributed by atoms with van der Waals surface area (Å²) in [6.07, 6.45) is 8.12. The molecule has 0 bridgehead atoms. The monoisotopic (exact) mass is 527 g/mol. The Morgan fingerprint density at radius 3 is 2.80 bits per heavy atom. The van der Waals surface area contributed by atoms with E-state index in [0.29, 0.717) is 19.0 Å². The normalized spacial score (nSPS) is 15.5. The van der Waals surface area contributed by atoms with Crippen LogP contribution in [-0.2, 0) is 6.54 Å². The Kier molecular flexibility index (Phi) is 11.0. The Morgan fingerprint density at radius 2 is 2.10 bits per heavy atom. The summed E-state index contributed by atoms with van der Waals surface area (Å²) in [5, 5.41) is 6.83. The van der Waals surface area contributed by atoms with Gasteiger partial charge in [-0.15, -0.1) is 24.0 Å². The van der Waals surface area contributed by atoms with E-state index >= 15 is 0 Å². The highest BCUT2D eigenvalue weighted by molar-refractivity contribution is 14.0. The number of hydrogen-bond donors (Lipinski definition) is 2. The first-order valence-corrected chi connectivity index (χ1v) is 10.6. The molecule has 1 aliphatic heterocycles. The lowest BCUT2D eigenvalue weighted by Gasteiger charge is -2.26. The average molecular weight is 527 g/mol. The molecule has 1 saturated heterocycles. The van der Waals surface area contributed by atoms with Crippen molar-refractivity contribution < 1.29 is 9.15 Å². The maximum atomic E-state index is 5.83. The Balaban J connectivity index is 0.00000320. The van der Waals surface area contributed by atoms with Crippen LogP contribution in [-0.4, -0.2) is 49.1 Å². The quantitative estimate of drug-likeness (QED) is 0.211. The van der Waals surface area contributed by atoms with E-state index in [1.165, 1.54) is 12.8 Å². The highest BCUT2D eigenvalue weighted by Gasteiger charge is 2.25. The van der Waals surface area contributed by atoms with Crippen LogP contribution in [0.15, 0.2) is 46.1 Å². The number of unbranched alkanes of at least 4 members (excludes halogenated alkanes) is 1. The first-order chi connectivity index (χ1) is 14.3. The van der Waals surface area contributed by atoms with Crippen LogP contribution >= 0.6 is 24.0 Å². The number of nitrogens with one attached hydrogen (secondary N) is 2. The van der Waals surface area contributed by atoms with E-state index in [0.717, 1.165) is 49.8 Å². The van der Waals surface area contributed by atoms with Gasteiger partial charge in [-0.2, -0.15) is 0 Å². The van der Waals surface area contributed by atoms with Crippen LogP contribution < -0.4 is 15.4 Å². The van der Waals surface area contributed by atoms with E-state index in [2.05, 4.69) is 38.5 Å². The molecule has 0 aliphatic carbocycles. The number of ether oxygens (including phenoxy) is 1. The maximum absolute atomic E-state index is 5.83. The molecule has 3 rings (SSSR count). The minimum Gasteiger partial charge on any atom is -0.477 e. The molecule has 8 heteroatoms. The van der Waals surface area contributed by atoms with Gasteiger partial charge in [0.05, 0.1) is 18.9 Å². The van der Waals surface area contributed by atoms with Crippen LogP contribution in [0.2, 0.25) is 0 Å². The second-order valence-electron chi connectivity index (χ2n) is 7.25. The summed E-state index contributed by atoms with van der Waals surface area (Å²) in [7, 11) is 1.79. The standard InChI is InChI=1S/C22H33N5O2.HI/c1-3-4-14-29-21-18(9-7-11-24-21)16-25-22(23-2)26-17-19(20-10-8-15-28-20)27-12-5-6-13-27;/h7-11,15,19H,3-6,12-14,16-17H2,1-2H3,(H2,23,25,26);1H. The van der Waals surface area contributed by atoms with E-state index in [1.54, 1.807) is 19.5 Å². The van der Waals surface area contributed by atoms with Gasteiger partial charge < -0.3 is 19.8 Å². The van der Waals surface area contributed by atoms with Gasteiger partial charge in [-0.05, 0) is 50.6 Å². The molecule has 1 fully saturated rings. The minimum atomic E-state index is 0. The number of pyridine rings is 1. The van der Waals surface area contributed by atoms with Crippen LogP contribution in [0.5, 0.6) is 5.88 Å². The smallest absolute Gasteiger partial charge is 0.218 e. The van der Waals surface area contributed by atoms with E-state index in [-0.39, 0.29) is 30.0 Å². The highest BCUT2D eigenvalue weighted by atomic mass is 127. The molecule has 2 aromatic rings. The van der Waals surface area contributed by atoms with Crippen molar-refractivity contribution in [3.8, 4) is 5.88 Å². The number of aliphatic imine (C=N–C) groups is 1. The van der Waals surface area contributed by atoms with Crippen molar-refractivity contribution in [2.75, 3.05) is 33.3 Å². The van der Waals surface area contributed by atoms with Gasteiger partial charge in [0.15, 0.2) is 5.96 Å². The maximum Gasteiger partial charge on any atom is 0.218 e. The van der Waals surface area contributed by atoms with Crippen molar-refractivity contribution >= 4 is 29.9 Å². The molecule has 1 atom stereocenters. The Morgan fingerprint density at radius 1 is 1.27 bits per heavy atom. The molecule has 1 unspecified atom stereocenters. The number of halogens is 1. The second kappa shape index (κ2) is 13.5. The van der Waals surface area contributed by atoms with Gasteiger partial charge in [0, 0.05) is 31.9 Å². The van der Waals surface area contributed by atoms with Gasteiger partial charge in [-0.1, -0.05) is 19.4 Å². The van der Waals surface area contributed by atoms with E-state index in [1.807, 2.05) is 18.2 Å². The number of nitrogens with zero attached hydrogens (tertiary/aromatic N) is 3. The molecule has 2 N–H and O–H groups in total. The molecule has 2 aromatic heterocycles. The van der Waals surface area contributed by atoms with Gasteiger partial charge in [0.25, 0.3) is 0 Å². The molecular formula is C22H34IN5O2. The van der Waals surface area contributed by atoms with Crippen molar-refractivity contribution in [2.45, 2.75) is 45.2 Å². The van der Waals surface area contributed by atoms with E-state index in [9.17, 15) is 0 Å². The van der Waals surface area contributed by atoms with Gasteiger partial charge in [0.1, 0.15) is 5.76 Å². The number of aromatic nitrogens is 1. The predicted molar refractivity (Wildman–Crippen MR) is 131 cm³/mol. The largest absolute Gasteiger partial charge is 0.477 e. The molecule has 0 spiro atoms. The van der Waals surface area contributed by atoms with Crippen molar-refractivity contribution in [1.29, 1.82) is 0 Å². The second-order valence-corrected chi connectivity index (χ2v) is 7.25. The van der Waals surface area contributed by atoms with Gasteiger partial charge in [-0.25, -0.2) is 4.98 Å². The fourth-order valence-electron chi connectivity index (χ4n) is 3.54. The molecule has 1 aliphatic rings. The Labute approximate surface area is 196 Å². The third-order valence-electron chi connectivity index (χ3n) is 5.17. The summed E-state index contributed by atoms with van der Waals surface area (Å²) in [6.45, 7) is 6.39. The zero-order chi connectivity index (χ0) is 20.3. The van der Waals surface area contributed by atoms with Crippen LogP contribution in [0.25, 0.3) is 0 Å². The first-order valence-electron chi connectivity index (χ1n) is 10.6. The molecule has 0 amide bonds. The topological polar surface area (TPSA) is 74.9 Å². The number of guanidine groups is 1. The molecule has 0 aromatic carbocycles. The highest BCUT2D eigenvalue weighted by Crippen LogP contribution is 2.24. The Bertz CT molecular complexity index is 748. The average Bonchev–Trinajstić information content (AvgIpc) is 3.46. The number of rotatable bonds is 10. The minimum absolute atomic E-state index is 0. The predicted octanol–water partition coefficient (Wildman–Crippen LogP) is 3.97. The summed E-state index contributed by atoms with van der Waals surface area (Å²) in [5.74, 6) is 2.44. The van der Waals surface area contributed by atoms with Crippen molar-refractivity contribution in [2.24, 2.45) is 4.99 Å². The summed E-state index contributed by atoms with van der Waals surface area (Å²) < 4.78 is 11.5. The summed E-state index contributed by atoms with van der Waals surface area (Å²) in [6, 6.07) is 8.17. The molecule has 7 nitrogen and oxygen atoms in total. The van der Waals surface area contributed by atoms with Crippen LogP contribution in [0.3, 0.4) is 0 Å². The lowest BCUT2D eigenvalue weighted by molar-refractivity contribution is 0.215. The molecular weight excluding hydrogens is 493 g/mol. The molecule has 3 heterocycles. The number of likely N-dealkylation sites (tertiary alicyclic amines) is 1. The fourth-order valence-corrected chi connectivity index (χ4v) is 3.54. The van der Waals surface area contributed by atoms with Gasteiger partial charge in [0.2, 0.25) is 5.88 Å². The van der Waals surface area contributed by atoms with Crippen molar-refractivity contribution in [3.63, 3.8) is 0 Å². The van der Waals surface area contributed by atoms with Crippen LogP contribution in [0.4, 0.5) is 0 Å². The van der Waals surface area contributed by atoms with Crippen LogP contribution in [0.1, 0.15) is 50.0 Å². The fraction of sp³-hybridized carbons (Fsp3) is 0.545. The van der Waals surface area contributed by atoms with Gasteiger partial charge >= 0.3 is 0 Å². The lowest BCUT2D eigenvalue weighted by atomic mass is 10.2. The summed E-state index contributed by atoms with van der Waals surface area (Å²) in [4.78, 5) is 11.2. The van der Waals surface area contributed by atoms with E-state index in [4.69, 9.17) is 9.15 Å². The van der Waals surface area contributed by atoms with Gasteiger partial charge in [-0.3, -0.25) is 9.89 Å². The molecule has 0 saturated carbocycles. The summed E-state index contributed by atoms with van der Waals surface area (Å²) in [5.41, 5.74) is 1.02. The summed E-state index contributed by atoms with van der Waals surface area (Å²) >= 11 is 0. The number of furan rings is 1. The molecule has 166 valence electrons. The third-order valence-corrected chi connectivity index (χ3v) is 5.17. The molecule has 0 radical (unpaired) electrons. The number of hydrogen-bond acceptors (Lipinski definition) is 5. The van der Waals surface area contributed by atoms with Crippen molar-refractivity contribution in [1.82, 2.24) is 20.5 Å². The zero-order valence-corrected chi connectivity index (χ0v) is 20.3. The zero-order valence-electron chi connectivity index (χ0n) is 18.0.